The van der Waals surface area contributed by atoms with Gasteiger partial charge in [-0.1, -0.05) is 38.5 Å². The van der Waals surface area contributed by atoms with Crippen molar-refractivity contribution in [1.29, 1.82) is 0 Å². The van der Waals surface area contributed by atoms with Crippen molar-refractivity contribution < 1.29 is 9.53 Å². The van der Waals surface area contributed by atoms with Crippen molar-refractivity contribution >= 4 is 6.41 Å². The van der Waals surface area contributed by atoms with Crippen LogP contribution in [0.25, 0.3) is 0 Å². The van der Waals surface area contributed by atoms with Gasteiger partial charge in [-0.3, -0.25) is 9.69 Å². The summed E-state index contributed by atoms with van der Waals surface area (Å²) in [6.45, 7) is 11.6. The van der Waals surface area contributed by atoms with Crippen LogP contribution in [0.1, 0.15) is 72.6 Å². The first-order chi connectivity index (χ1) is 15.2. The van der Waals surface area contributed by atoms with E-state index in [1.54, 1.807) is 11.1 Å². The van der Waals surface area contributed by atoms with Gasteiger partial charge < -0.3 is 9.64 Å². The Balaban J connectivity index is 1.47. The van der Waals surface area contributed by atoms with Gasteiger partial charge in [-0.2, -0.15) is 0 Å². The van der Waals surface area contributed by atoms with E-state index in [1.165, 1.54) is 38.5 Å². The molecular formula is C28H44N2O2. The Morgan fingerprint density at radius 1 is 1.16 bits per heavy atom. The van der Waals surface area contributed by atoms with Gasteiger partial charge in [0, 0.05) is 24.5 Å². The van der Waals surface area contributed by atoms with E-state index >= 15 is 0 Å². The first-order valence-corrected chi connectivity index (χ1v) is 13.0. The number of fused-ring (bicyclic) bond motifs is 6. The topological polar surface area (TPSA) is 32.8 Å². The SMILES string of the molecule is CC(C1CCC2(C)C3CCC4C(=CC3=CCC12C)CCC1N(C)COCC41C)N(C)C=O. The van der Waals surface area contributed by atoms with Crippen LogP contribution in [-0.4, -0.2) is 55.7 Å². The van der Waals surface area contributed by atoms with E-state index in [9.17, 15) is 4.79 Å². The van der Waals surface area contributed by atoms with Crippen LogP contribution in [0.5, 0.6) is 0 Å². The molecule has 2 saturated carbocycles. The number of rotatable bonds is 3. The molecule has 4 nitrogen and oxygen atoms in total. The highest BCUT2D eigenvalue weighted by Crippen LogP contribution is 2.68. The third kappa shape index (κ3) is 2.97. The van der Waals surface area contributed by atoms with Gasteiger partial charge in [0.05, 0.1) is 13.3 Å². The molecule has 5 rings (SSSR count). The summed E-state index contributed by atoms with van der Waals surface area (Å²) in [5.74, 6) is 1.85. The van der Waals surface area contributed by atoms with Crippen molar-refractivity contribution in [3.8, 4) is 0 Å². The van der Waals surface area contributed by atoms with Crippen LogP contribution >= 0.6 is 0 Å². The molecule has 1 heterocycles. The first kappa shape index (κ1) is 22.7. The van der Waals surface area contributed by atoms with Gasteiger partial charge in [0.25, 0.3) is 0 Å². The average molecular weight is 441 g/mol. The molecule has 5 aliphatic rings. The minimum absolute atomic E-state index is 0.231. The summed E-state index contributed by atoms with van der Waals surface area (Å²) in [5.41, 5.74) is 4.13. The Morgan fingerprint density at radius 2 is 1.91 bits per heavy atom. The van der Waals surface area contributed by atoms with Crippen LogP contribution < -0.4 is 0 Å². The molecule has 0 aromatic rings. The minimum Gasteiger partial charge on any atom is -0.365 e. The molecule has 3 fully saturated rings. The maximum atomic E-state index is 11.5. The summed E-state index contributed by atoms with van der Waals surface area (Å²) in [4.78, 5) is 15.9. The van der Waals surface area contributed by atoms with Gasteiger partial charge in [0.15, 0.2) is 0 Å². The summed E-state index contributed by atoms with van der Waals surface area (Å²) in [6, 6.07) is 0.944. The molecule has 8 atom stereocenters. The molecule has 4 aliphatic carbocycles. The second-order valence-electron chi connectivity index (χ2n) is 12.6. The first-order valence-electron chi connectivity index (χ1n) is 13.0. The van der Waals surface area contributed by atoms with Crippen LogP contribution in [0.2, 0.25) is 0 Å². The number of carbonyl (C=O) groups excluding carboxylic acids is 1. The zero-order chi connectivity index (χ0) is 22.9. The number of allylic oxidation sites excluding steroid dienone is 4. The van der Waals surface area contributed by atoms with Crippen molar-refractivity contribution in [3.63, 3.8) is 0 Å². The van der Waals surface area contributed by atoms with Crippen LogP contribution in [0.4, 0.5) is 0 Å². The average Bonchev–Trinajstić information content (AvgIpc) is 2.91. The lowest BCUT2D eigenvalue weighted by Gasteiger charge is -2.55. The molecule has 32 heavy (non-hydrogen) atoms. The standard InChI is InChI=1S/C28H44N2O2/c1-19(29(5)17-31)22-12-14-28(4)24-9-8-23-20(15-21(24)11-13-27(22,28)3)7-10-25-26(23,2)16-32-18-30(25)6/h11,15,17,19,22-25H,7-10,12-14,16,18H2,1-6H3. The molecule has 1 saturated heterocycles. The molecule has 178 valence electrons. The third-order valence-corrected chi connectivity index (χ3v) is 11.5. The maximum Gasteiger partial charge on any atom is 0.209 e. The molecule has 0 N–H and O–H groups in total. The maximum absolute atomic E-state index is 11.5. The van der Waals surface area contributed by atoms with E-state index in [0.29, 0.717) is 35.3 Å². The van der Waals surface area contributed by atoms with Crippen LogP contribution in [-0.2, 0) is 9.53 Å². The van der Waals surface area contributed by atoms with Gasteiger partial charge in [-0.05, 0) is 93.1 Å². The second-order valence-corrected chi connectivity index (χ2v) is 12.6. The lowest BCUT2D eigenvalue weighted by atomic mass is 9.51. The predicted molar refractivity (Wildman–Crippen MR) is 129 cm³/mol. The Labute approximate surface area is 195 Å². The molecule has 0 spiro atoms. The Hall–Kier alpha value is -1.13. The summed E-state index contributed by atoms with van der Waals surface area (Å²) < 4.78 is 6.09. The number of carbonyl (C=O) groups is 1. The lowest BCUT2D eigenvalue weighted by molar-refractivity contribution is -0.143. The smallest absolute Gasteiger partial charge is 0.209 e. The summed E-state index contributed by atoms with van der Waals surface area (Å²) in [7, 11) is 4.21. The van der Waals surface area contributed by atoms with Crippen LogP contribution in [0, 0.1) is 34.0 Å². The lowest BCUT2D eigenvalue weighted by Crippen LogP contribution is -2.58. The molecule has 0 bridgehead atoms. The number of ether oxygens (including phenoxy) is 1. The number of nitrogens with zero attached hydrogens (tertiary/aromatic N) is 2. The number of amides is 1. The molecule has 1 amide bonds. The van der Waals surface area contributed by atoms with Gasteiger partial charge in [0.2, 0.25) is 6.41 Å². The highest BCUT2D eigenvalue weighted by molar-refractivity contribution is 5.47. The molecule has 4 heteroatoms. The van der Waals surface area contributed by atoms with Gasteiger partial charge >= 0.3 is 0 Å². The van der Waals surface area contributed by atoms with E-state index in [4.69, 9.17) is 4.74 Å². The van der Waals surface area contributed by atoms with Crippen molar-refractivity contribution in [2.24, 2.45) is 34.0 Å². The number of hydrogen-bond acceptors (Lipinski definition) is 3. The Kier molecular flexibility index (Phi) is 5.45. The molecule has 0 aromatic heterocycles. The summed E-state index contributed by atoms with van der Waals surface area (Å²) in [5, 5.41) is 0. The third-order valence-electron chi connectivity index (χ3n) is 11.5. The number of hydrogen-bond donors (Lipinski definition) is 0. The van der Waals surface area contributed by atoms with Crippen molar-refractivity contribution in [2.75, 3.05) is 27.4 Å². The summed E-state index contributed by atoms with van der Waals surface area (Å²) in [6.07, 6.45) is 15.0. The fourth-order valence-corrected chi connectivity index (χ4v) is 9.20. The molecule has 0 radical (unpaired) electrons. The van der Waals surface area contributed by atoms with Crippen LogP contribution in [0.15, 0.2) is 23.3 Å². The molecular weight excluding hydrogens is 396 g/mol. The Bertz CT molecular complexity index is 835. The van der Waals surface area contributed by atoms with E-state index in [2.05, 4.69) is 51.8 Å². The van der Waals surface area contributed by atoms with Crippen molar-refractivity contribution in [1.82, 2.24) is 9.80 Å². The van der Waals surface area contributed by atoms with Gasteiger partial charge in [0.1, 0.15) is 0 Å². The van der Waals surface area contributed by atoms with Crippen molar-refractivity contribution in [2.45, 2.75) is 84.7 Å². The van der Waals surface area contributed by atoms with Gasteiger partial charge in [-0.25, -0.2) is 0 Å². The minimum atomic E-state index is 0.231. The molecule has 0 aromatic carbocycles. The quantitative estimate of drug-likeness (QED) is 0.562. The normalized spacial score (nSPS) is 47.1. The monoisotopic (exact) mass is 440 g/mol. The van der Waals surface area contributed by atoms with Crippen molar-refractivity contribution in [3.05, 3.63) is 23.3 Å². The second kappa shape index (κ2) is 7.70. The Morgan fingerprint density at radius 3 is 2.66 bits per heavy atom. The fourth-order valence-electron chi connectivity index (χ4n) is 9.20. The van der Waals surface area contributed by atoms with E-state index < -0.39 is 0 Å². The highest BCUT2D eigenvalue weighted by atomic mass is 16.5. The predicted octanol–water partition coefficient (Wildman–Crippen LogP) is 5.26. The summed E-state index contributed by atoms with van der Waals surface area (Å²) >= 11 is 0. The van der Waals surface area contributed by atoms with Gasteiger partial charge in [-0.15, -0.1) is 0 Å². The molecule has 1 aliphatic heterocycles. The van der Waals surface area contributed by atoms with Crippen LogP contribution in [0.3, 0.4) is 0 Å². The largest absolute Gasteiger partial charge is 0.365 e. The fraction of sp³-hybridized carbons (Fsp3) is 0.821. The van der Waals surface area contributed by atoms with E-state index in [-0.39, 0.29) is 10.8 Å². The molecule has 8 unspecified atom stereocenters. The zero-order valence-corrected chi connectivity index (χ0v) is 21.2. The highest BCUT2D eigenvalue weighted by Gasteiger charge is 2.61. The zero-order valence-electron chi connectivity index (χ0n) is 21.2. The van der Waals surface area contributed by atoms with E-state index in [0.717, 1.165) is 26.2 Å². The van der Waals surface area contributed by atoms with E-state index in [1.807, 2.05) is 11.9 Å².